The van der Waals surface area contributed by atoms with Gasteiger partial charge in [0.05, 0.1) is 12.2 Å². The van der Waals surface area contributed by atoms with Crippen molar-refractivity contribution in [2.24, 2.45) is 0 Å². The first-order valence-corrected chi connectivity index (χ1v) is 10.6. The molecule has 0 aliphatic carbocycles. The maximum Gasteiger partial charge on any atom is 0.325 e. The van der Waals surface area contributed by atoms with Crippen molar-refractivity contribution in [3.63, 3.8) is 0 Å². The Morgan fingerprint density at radius 2 is 1.90 bits per heavy atom. The molecule has 1 aliphatic rings. The molecule has 150 valence electrons. The van der Waals surface area contributed by atoms with Crippen LogP contribution in [0, 0.1) is 6.92 Å². The van der Waals surface area contributed by atoms with Crippen molar-refractivity contribution >= 4 is 34.2 Å². The third-order valence-electron chi connectivity index (χ3n) is 5.38. The summed E-state index contributed by atoms with van der Waals surface area (Å²) in [4.78, 5) is 34.5. The third kappa shape index (κ3) is 3.37. The van der Waals surface area contributed by atoms with Crippen LogP contribution < -0.4 is 5.32 Å². The molecule has 2 aromatic carbocycles. The molecule has 6 nitrogen and oxygen atoms in total. The normalized spacial score (nSPS) is 16.4. The van der Waals surface area contributed by atoms with E-state index in [0.29, 0.717) is 12.1 Å². The first kappa shape index (κ1) is 18.6. The number of carbonyl (C=O) groups is 2. The predicted octanol–water partition coefficient (Wildman–Crippen LogP) is 4.26. The van der Waals surface area contributed by atoms with Crippen LogP contribution in [0.2, 0.25) is 0 Å². The highest BCUT2D eigenvalue weighted by Crippen LogP contribution is 2.26. The molecule has 0 saturated carbocycles. The van der Waals surface area contributed by atoms with Crippen molar-refractivity contribution < 1.29 is 9.59 Å². The number of nitrogens with one attached hydrogen (secondary N) is 2. The van der Waals surface area contributed by atoms with E-state index in [4.69, 9.17) is 0 Å². The molecule has 1 atom stereocenters. The number of rotatable bonds is 5. The molecular weight excluding hydrogens is 396 g/mol. The lowest BCUT2D eigenvalue weighted by molar-refractivity contribution is -0.127. The number of carbonyl (C=O) groups excluding carboxylic acids is 2. The van der Waals surface area contributed by atoms with Crippen molar-refractivity contribution in [1.29, 1.82) is 0 Å². The third-order valence-corrected chi connectivity index (χ3v) is 6.32. The number of nitrogens with zero attached hydrogens (tertiary/aromatic N) is 2. The maximum atomic E-state index is 12.9. The molecular formula is C23H20N4O2S. The van der Waals surface area contributed by atoms with Crippen molar-refractivity contribution in [3.8, 4) is 10.6 Å². The summed E-state index contributed by atoms with van der Waals surface area (Å²) in [5, 5.41) is 6.68. The molecule has 0 spiro atoms. The smallest absolute Gasteiger partial charge is 0.325 e. The zero-order valence-corrected chi connectivity index (χ0v) is 17.2. The Morgan fingerprint density at radius 1 is 1.10 bits per heavy atom. The van der Waals surface area contributed by atoms with Crippen molar-refractivity contribution in [2.45, 2.75) is 25.9 Å². The molecule has 4 aromatic rings. The highest BCUT2D eigenvalue weighted by atomic mass is 32.1. The average molecular weight is 417 g/mol. The number of aryl methyl sites for hydroxylation is 1. The molecule has 1 saturated heterocycles. The second-order valence-electron chi connectivity index (χ2n) is 7.50. The summed E-state index contributed by atoms with van der Waals surface area (Å²) < 4.78 is 0. The summed E-state index contributed by atoms with van der Waals surface area (Å²) in [6.45, 7) is 2.22. The second kappa shape index (κ2) is 7.42. The lowest BCUT2D eigenvalue weighted by Crippen LogP contribution is -2.32. The molecule has 0 bridgehead atoms. The fourth-order valence-electron chi connectivity index (χ4n) is 3.76. The zero-order chi connectivity index (χ0) is 20.7. The number of urea groups is 1. The number of aromatic amines is 1. The van der Waals surface area contributed by atoms with Crippen LogP contribution in [0.1, 0.15) is 16.8 Å². The van der Waals surface area contributed by atoms with E-state index < -0.39 is 6.04 Å². The Bertz CT molecular complexity index is 1240. The lowest BCUT2D eigenvalue weighted by atomic mass is 10.1. The lowest BCUT2D eigenvalue weighted by Gasteiger charge is -2.11. The molecule has 2 aromatic heterocycles. The Balaban J connectivity index is 1.31. The summed E-state index contributed by atoms with van der Waals surface area (Å²) in [7, 11) is 0. The van der Waals surface area contributed by atoms with Crippen LogP contribution >= 0.6 is 11.3 Å². The van der Waals surface area contributed by atoms with Crippen molar-refractivity contribution in [1.82, 2.24) is 20.2 Å². The quantitative estimate of drug-likeness (QED) is 0.477. The minimum atomic E-state index is -0.563. The number of benzene rings is 2. The summed E-state index contributed by atoms with van der Waals surface area (Å²) in [5.41, 5.74) is 4.97. The van der Waals surface area contributed by atoms with Crippen molar-refractivity contribution in [3.05, 3.63) is 76.9 Å². The summed E-state index contributed by atoms with van der Waals surface area (Å²) in [6.07, 6.45) is 2.36. The van der Waals surface area contributed by atoms with E-state index in [0.717, 1.165) is 27.0 Å². The highest BCUT2D eigenvalue weighted by molar-refractivity contribution is 7.13. The Labute approximate surface area is 177 Å². The van der Waals surface area contributed by atoms with E-state index in [1.54, 1.807) is 0 Å². The first-order valence-electron chi connectivity index (χ1n) is 9.77. The van der Waals surface area contributed by atoms with Gasteiger partial charge in [-0.25, -0.2) is 9.78 Å². The second-order valence-corrected chi connectivity index (χ2v) is 8.36. The van der Waals surface area contributed by atoms with Crippen LogP contribution in [0.15, 0.2) is 60.1 Å². The minimum Gasteiger partial charge on any atom is -0.361 e. The number of imide groups is 1. The van der Waals surface area contributed by atoms with Gasteiger partial charge in [-0.2, -0.15) is 0 Å². The molecule has 1 fully saturated rings. The topological polar surface area (TPSA) is 78.1 Å². The van der Waals surface area contributed by atoms with Gasteiger partial charge in [0.2, 0.25) is 0 Å². The van der Waals surface area contributed by atoms with Gasteiger partial charge in [-0.1, -0.05) is 48.0 Å². The molecule has 2 N–H and O–H groups in total. The van der Waals surface area contributed by atoms with E-state index in [1.165, 1.54) is 21.8 Å². The van der Waals surface area contributed by atoms with Crippen LogP contribution in [0.3, 0.4) is 0 Å². The molecule has 3 heterocycles. The van der Waals surface area contributed by atoms with Gasteiger partial charge in [0.15, 0.2) is 0 Å². The predicted molar refractivity (Wildman–Crippen MR) is 117 cm³/mol. The van der Waals surface area contributed by atoms with Gasteiger partial charge in [-0.3, -0.25) is 9.69 Å². The zero-order valence-electron chi connectivity index (χ0n) is 16.4. The molecule has 7 heteroatoms. The summed E-state index contributed by atoms with van der Waals surface area (Å²) in [6, 6.07) is 15.2. The highest BCUT2D eigenvalue weighted by Gasteiger charge is 2.38. The van der Waals surface area contributed by atoms with E-state index in [-0.39, 0.29) is 18.5 Å². The molecule has 1 unspecified atom stereocenters. The van der Waals surface area contributed by atoms with Crippen LogP contribution in [0.4, 0.5) is 4.79 Å². The van der Waals surface area contributed by atoms with Crippen molar-refractivity contribution in [2.75, 3.05) is 0 Å². The van der Waals surface area contributed by atoms with E-state index >= 15 is 0 Å². The maximum absolute atomic E-state index is 12.9. The van der Waals surface area contributed by atoms with Crippen LogP contribution in [-0.4, -0.2) is 32.8 Å². The van der Waals surface area contributed by atoms with Crippen LogP contribution in [0.5, 0.6) is 0 Å². The SMILES string of the molecule is Cc1ccc(-c2nc(CN3C(=O)NC(Cc4c[nH]c5ccccc45)C3=O)cs2)cc1. The van der Waals surface area contributed by atoms with E-state index in [2.05, 4.69) is 15.3 Å². The number of aromatic nitrogens is 2. The van der Waals surface area contributed by atoms with Crippen LogP contribution in [-0.2, 0) is 17.8 Å². The van der Waals surface area contributed by atoms with Gasteiger partial charge in [0.25, 0.3) is 5.91 Å². The van der Waals surface area contributed by atoms with Crippen LogP contribution in [0.25, 0.3) is 21.5 Å². The molecule has 30 heavy (non-hydrogen) atoms. The Hall–Kier alpha value is -3.45. The number of fused-ring (bicyclic) bond motifs is 1. The van der Waals surface area contributed by atoms with Gasteiger partial charge in [-0.15, -0.1) is 11.3 Å². The molecule has 5 rings (SSSR count). The van der Waals surface area contributed by atoms with E-state index in [1.807, 2.05) is 67.0 Å². The van der Waals surface area contributed by atoms with Gasteiger partial charge in [0, 0.05) is 34.5 Å². The fraction of sp³-hybridized carbons (Fsp3) is 0.174. The van der Waals surface area contributed by atoms with Gasteiger partial charge < -0.3 is 10.3 Å². The molecule has 3 amide bonds. The minimum absolute atomic E-state index is 0.178. The number of thiazole rings is 1. The van der Waals surface area contributed by atoms with Gasteiger partial charge in [-0.05, 0) is 18.6 Å². The van der Waals surface area contributed by atoms with Gasteiger partial charge >= 0.3 is 6.03 Å². The monoisotopic (exact) mass is 416 g/mol. The van der Waals surface area contributed by atoms with E-state index in [9.17, 15) is 9.59 Å². The van der Waals surface area contributed by atoms with Gasteiger partial charge in [0.1, 0.15) is 11.0 Å². The number of H-pyrrole nitrogens is 1. The largest absolute Gasteiger partial charge is 0.361 e. The summed E-state index contributed by atoms with van der Waals surface area (Å²) >= 11 is 1.52. The Kier molecular flexibility index (Phi) is 4.59. The number of para-hydroxylation sites is 1. The summed E-state index contributed by atoms with van der Waals surface area (Å²) in [5.74, 6) is -0.213. The average Bonchev–Trinajstić information content (AvgIpc) is 3.44. The standard InChI is InChI=1S/C23H20N4O2S/c1-14-6-8-15(9-7-14)21-25-17(13-30-21)12-27-22(28)20(26-23(27)29)10-16-11-24-19-5-3-2-4-18(16)19/h2-9,11,13,20,24H,10,12H2,1H3,(H,26,29). The number of hydrogen-bond acceptors (Lipinski definition) is 4. The fourth-order valence-corrected chi connectivity index (χ4v) is 4.57. The number of hydrogen-bond donors (Lipinski definition) is 2. The Morgan fingerprint density at radius 3 is 2.73 bits per heavy atom. The number of amides is 3. The first-order chi connectivity index (χ1) is 14.6. The molecule has 0 radical (unpaired) electrons. The molecule has 1 aliphatic heterocycles.